The van der Waals surface area contributed by atoms with Crippen molar-refractivity contribution in [2.45, 2.75) is 98.3 Å². The third-order valence-electron chi connectivity index (χ3n) is 11.1. The molecule has 2 N–H and O–H groups in total. The van der Waals surface area contributed by atoms with E-state index in [1.54, 1.807) is 24.3 Å². The van der Waals surface area contributed by atoms with Crippen LogP contribution in [0.15, 0.2) is 58.3 Å². The lowest BCUT2D eigenvalue weighted by atomic mass is 9.94. The van der Waals surface area contributed by atoms with Crippen LogP contribution in [0.3, 0.4) is 0 Å². The second-order valence-electron chi connectivity index (χ2n) is 14.6. The van der Waals surface area contributed by atoms with Crippen LogP contribution in [0.2, 0.25) is 0 Å². The first-order chi connectivity index (χ1) is 23.8. The van der Waals surface area contributed by atoms with E-state index in [1.165, 1.54) is 88.5 Å². The normalized spacial score (nSPS) is 22.9. The van der Waals surface area contributed by atoms with Crippen LogP contribution in [-0.2, 0) is 9.84 Å². The Morgan fingerprint density at radius 1 is 0.551 bits per heavy atom. The smallest absolute Gasteiger partial charge is 0.206 e. The van der Waals surface area contributed by atoms with Gasteiger partial charge in [0.25, 0.3) is 0 Å². The highest BCUT2D eigenvalue weighted by Gasteiger charge is 2.27. The zero-order chi connectivity index (χ0) is 34.1. The molecule has 0 amide bonds. The van der Waals surface area contributed by atoms with E-state index in [4.69, 9.17) is 9.47 Å². The Balaban J connectivity index is 0.891. The summed E-state index contributed by atoms with van der Waals surface area (Å²) < 4.78 is 38.2. The Morgan fingerprint density at radius 2 is 0.898 bits per heavy atom. The van der Waals surface area contributed by atoms with Gasteiger partial charge >= 0.3 is 0 Å². The molecule has 11 heteroatoms. The molecule has 2 saturated carbocycles. The minimum atomic E-state index is -3.73. The fourth-order valence-corrected chi connectivity index (χ4v) is 9.43. The first-order valence-corrected chi connectivity index (χ1v) is 20.3. The standard InChI is InChI=1S/C38H58N4O6S/c43-33(27-39-19-23-41(24-20-39)31-7-3-1-4-8-31)29-47-35-11-15-37(16-12-35)49(45,46)38-17-13-36(14-18-38)48-30-34(44)28-40-21-25-42(26-22-40)32-9-5-2-6-10-32/h11-18,31-34,43-44H,1-10,19-30H2. The Morgan fingerprint density at radius 3 is 1.24 bits per heavy atom. The van der Waals surface area contributed by atoms with Gasteiger partial charge in [-0.3, -0.25) is 19.6 Å². The van der Waals surface area contributed by atoms with Crippen LogP contribution in [0.25, 0.3) is 0 Å². The van der Waals surface area contributed by atoms with E-state index < -0.39 is 22.0 Å². The number of benzene rings is 2. The minimum absolute atomic E-state index is 0.155. The SMILES string of the molecule is O=S(=O)(c1ccc(OCC(O)CN2CCN(C3CCCCC3)CC2)cc1)c1ccc(OCC(O)CN2CCN(C3CCCCC3)CC2)cc1. The summed E-state index contributed by atoms with van der Waals surface area (Å²) >= 11 is 0. The molecule has 272 valence electrons. The van der Waals surface area contributed by atoms with Gasteiger partial charge in [0.1, 0.15) is 36.9 Å². The summed E-state index contributed by atoms with van der Waals surface area (Å²) in [5.74, 6) is 1.04. The molecule has 0 spiro atoms. The monoisotopic (exact) mass is 698 g/mol. The molecule has 2 aromatic carbocycles. The van der Waals surface area contributed by atoms with Crippen molar-refractivity contribution in [2.75, 3.05) is 78.7 Å². The minimum Gasteiger partial charge on any atom is -0.491 e. The number of ether oxygens (including phenoxy) is 2. The fourth-order valence-electron chi connectivity index (χ4n) is 8.17. The van der Waals surface area contributed by atoms with Crippen molar-refractivity contribution in [2.24, 2.45) is 0 Å². The third-order valence-corrected chi connectivity index (χ3v) is 12.9. The van der Waals surface area contributed by atoms with Gasteiger partial charge in [0.2, 0.25) is 9.84 Å². The van der Waals surface area contributed by atoms with Crippen molar-refractivity contribution in [1.29, 1.82) is 0 Å². The van der Waals surface area contributed by atoms with Gasteiger partial charge < -0.3 is 19.7 Å². The highest BCUT2D eigenvalue weighted by Crippen LogP contribution is 2.27. The average Bonchev–Trinajstić information content (AvgIpc) is 3.15. The van der Waals surface area contributed by atoms with Crippen LogP contribution in [-0.4, -0.2) is 141 Å². The van der Waals surface area contributed by atoms with Gasteiger partial charge in [0.15, 0.2) is 0 Å². The highest BCUT2D eigenvalue weighted by atomic mass is 32.2. The molecule has 4 aliphatic rings. The molecule has 2 saturated heterocycles. The van der Waals surface area contributed by atoms with E-state index in [9.17, 15) is 18.6 Å². The summed E-state index contributed by atoms with van der Waals surface area (Å²) in [6.45, 7) is 9.56. The maximum Gasteiger partial charge on any atom is 0.206 e. The maximum absolute atomic E-state index is 13.3. The zero-order valence-corrected chi connectivity index (χ0v) is 30.0. The number of hydrogen-bond donors (Lipinski definition) is 2. The van der Waals surface area contributed by atoms with E-state index in [-0.39, 0.29) is 23.0 Å². The molecule has 6 rings (SSSR count). The quantitative estimate of drug-likeness (QED) is 0.302. The van der Waals surface area contributed by atoms with E-state index in [1.807, 2.05) is 0 Å². The number of hydrogen-bond acceptors (Lipinski definition) is 10. The Labute approximate surface area is 293 Å². The molecule has 4 fully saturated rings. The van der Waals surface area contributed by atoms with Gasteiger partial charge in [0.05, 0.1) is 9.79 Å². The first-order valence-electron chi connectivity index (χ1n) is 18.8. The number of rotatable bonds is 14. The van der Waals surface area contributed by atoms with Crippen molar-refractivity contribution in [3.63, 3.8) is 0 Å². The Hall–Kier alpha value is -2.25. The van der Waals surface area contributed by atoms with Crippen LogP contribution in [0.5, 0.6) is 11.5 Å². The topological polar surface area (TPSA) is 106 Å². The lowest BCUT2D eigenvalue weighted by molar-refractivity contribution is 0.0311. The van der Waals surface area contributed by atoms with Gasteiger partial charge in [-0.15, -0.1) is 0 Å². The van der Waals surface area contributed by atoms with Crippen molar-refractivity contribution < 1.29 is 28.1 Å². The molecule has 2 heterocycles. The van der Waals surface area contributed by atoms with Crippen molar-refractivity contribution >= 4 is 9.84 Å². The summed E-state index contributed by atoms with van der Waals surface area (Å²) in [6, 6.07) is 14.2. The zero-order valence-electron chi connectivity index (χ0n) is 29.2. The van der Waals surface area contributed by atoms with Crippen molar-refractivity contribution in [3.8, 4) is 11.5 Å². The van der Waals surface area contributed by atoms with Gasteiger partial charge in [-0.05, 0) is 74.2 Å². The fraction of sp³-hybridized carbons (Fsp3) is 0.684. The van der Waals surface area contributed by atoms with Gasteiger partial charge in [-0.25, -0.2) is 8.42 Å². The predicted octanol–water partition coefficient (Wildman–Crippen LogP) is 3.90. The van der Waals surface area contributed by atoms with Crippen LogP contribution in [0.4, 0.5) is 0 Å². The summed E-state index contributed by atoms with van der Waals surface area (Å²) in [6.07, 6.45) is 12.2. The Bertz CT molecular complexity index is 1270. The van der Waals surface area contributed by atoms with Gasteiger partial charge in [0, 0.05) is 77.5 Å². The largest absolute Gasteiger partial charge is 0.491 e. The molecule has 2 aromatic rings. The maximum atomic E-state index is 13.3. The number of nitrogens with zero attached hydrogens (tertiary/aromatic N) is 4. The first kappa shape index (κ1) is 36.5. The number of piperazine rings is 2. The molecule has 0 radical (unpaired) electrons. The summed E-state index contributed by atoms with van der Waals surface area (Å²) in [5, 5.41) is 21.2. The number of β-amino-alcohol motifs (C(OH)–C–C–N with tert-alkyl or cyclic N) is 2. The van der Waals surface area contributed by atoms with E-state index in [2.05, 4.69) is 19.6 Å². The van der Waals surface area contributed by atoms with Crippen LogP contribution >= 0.6 is 0 Å². The molecule has 2 atom stereocenters. The summed E-state index contributed by atoms with van der Waals surface area (Å²) in [5.41, 5.74) is 0. The summed E-state index contributed by atoms with van der Waals surface area (Å²) in [7, 11) is -3.73. The van der Waals surface area contributed by atoms with E-state index in [0.717, 1.165) is 64.4 Å². The number of sulfone groups is 1. The molecule has 49 heavy (non-hydrogen) atoms. The molecule has 0 aromatic heterocycles. The van der Waals surface area contributed by atoms with Crippen LogP contribution < -0.4 is 9.47 Å². The molecule has 2 aliphatic carbocycles. The third kappa shape index (κ3) is 10.4. The molecule has 10 nitrogen and oxygen atoms in total. The molecular weight excluding hydrogens is 641 g/mol. The van der Waals surface area contributed by atoms with Crippen LogP contribution in [0, 0.1) is 0 Å². The van der Waals surface area contributed by atoms with E-state index in [0.29, 0.717) is 24.6 Å². The molecule has 0 bridgehead atoms. The highest BCUT2D eigenvalue weighted by molar-refractivity contribution is 7.91. The number of aliphatic hydroxyl groups excluding tert-OH is 2. The van der Waals surface area contributed by atoms with Gasteiger partial charge in [-0.2, -0.15) is 0 Å². The molecule has 2 aliphatic heterocycles. The lowest BCUT2D eigenvalue weighted by Gasteiger charge is -2.41. The second-order valence-corrected chi connectivity index (χ2v) is 16.6. The number of aliphatic hydroxyl groups is 2. The molecule has 2 unspecified atom stereocenters. The Kier molecular flexibility index (Phi) is 13.3. The average molecular weight is 699 g/mol. The van der Waals surface area contributed by atoms with Crippen LogP contribution in [0.1, 0.15) is 64.2 Å². The lowest BCUT2D eigenvalue weighted by Crippen LogP contribution is -2.52. The predicted molar refractivity (Wildman–Crippen MR) is 191 cm³/mol. The van der Waals surface area contributed by atoms with Gasteiger partial charge in [-0.1, -0.05) is 38.5 Å². The van der Waals surface area contributed by atoms with Crippen molar-refractivity contribution in [3.05, 3.63) is 48.5 Å². The molecular formula is C38H58N4O6S. The van der Waals surface area contributed by atoms with Crippen molar-refractivity contribution in [1.82, 2.24) is 19.6 Å². The van der Waals surface area contributed by atoms with E-state index >= 15 is 0 Å². The second kappa shape index (κ2) is 17.8. The summed E-state index contributed by atoms with van der Waals surface area (Å²) in [4.78, 5) is 10.2.